The van der Waals surface area contributed by atoms with Crippen LogP contribution in [0.25, 0.3) is 0 Å². The van der Waals surface area contributed by atoms with Crippen LogP contribution in [-0.4, -0.2) is 15.9 Å². The van der Waals surface area contributed by atoms with E-state index in [9.17, 15) is 4.79 Å². The van der Waals surface area contributed by atoms with Crippen LogP contribution in [0.15, 0.2) is 46.6 Å². The second-order valence-corrected chi connectivity index (χ2v) is 4.61. The molecule has 0 saturated carbocycles. The zero-order valence-electron chi connectivity index (χ0n) is 9.75. The molecule has 0 unspecified atom stereocenters. The van der Waals surface area contributed by atoms with E-state index in [4.69, 9.17) is 5.73 Å². The van der Waals surface area contributed by atoms with Gasteiger partial charge < -0.3 is 11.1 Å². The summed E-state index contributed by atoms with van der Waals surface area (Å²) in [6.45, 7) is 1.48. The van der Waals surface area contributed by atoms with Crippen molar-refractivity contribution in [2.75, 3.05) is 11.1 Å². The van der Waals surface area contributed by atoms with Crippen molar-refractivity contribution in [2.24, 2.45) is 0 Å². The number of nitrogens with two attached hydrogens (primary N) is 1. The van der Waals surface area contributed by atoms with Crippen LogP contribution in [0.5, 0.6) is 0 Å². The number of nitrogen functional groups attached to an aromatic ring is 1. The van der Waals surface area contributed by atoms with Crippen LogP contribution >= 0.6 is 11.8 Å². The van der Waals surface area contributed by atoms with Gasteiger partial charge in [0.15, 0.2) is 5.16 Å². The van der Waals surface area contributed by atoms with E-state index in [1.807, 2.05) is 24.3 Å². The molecule has 0 saturated heterocycles. The zero-order valence-corrected chi connectivity index (χ0v) is 10.6. The van der Waals surface area contributed by atoms with Gasteiger partial charge in [0.1, 0.15) is 5.82 Å². The largest absolute Gasteiger partial charge is 0.384 e. The molecule has 92 valence electrons. The standard InChI is InChI=1S/C12H12N4OS/c1-8(17)15-9-2-4-10(5-3-9)18-12-14-7-6-11(13)16-12/h2-7H,1H3,(H,15,17)(H2,13,14,16). The molecule has 0 bridgehead atoms. The van der Waals surface area contributed by atoms with Crippen LogP contribution in [0.2, 0.25) is 0 Å². The third-order valence-corrected chi connectivity index (χ3v) is 2.93. The number of nitrogens with one attached hydrogen (secondary N) is 1. The highest BCUT2D eigenvalue weighted by Crippen LogP contribution is 2.25. The summed E-state index contributed by atoms with van der Waals surface area (Å²) in [4.78, 5) is 20.1. The van der Waals surface area contributed by atoms with Gasteiger partial charge in [-0.25, -0.2) is 9.97 Å². The highest BCUT2D eigenvalue weighted by Gasteiger charge is 2.01. The monoisotopic (exact) mass is 260 g/mol. The Morgan fingerprint density at radius 2 is 2.00 bits per heavy atom. The molecule has 6 heteroatoms. The lowest BCUT2D eigenvalue weighted by atomic mass is 10.3. The first-order valence-corrected chi connectivity index (χ1v) is 6.09. The molecule has 0 aliphatic carbocycles. The summed E-state index contributed by atoms with van der Waals surface area (Å²) in [6, 6.07) is 9.08. The molecule has 1 heterocycles. The average Bonchev–Trinajstić information content (AvgIpc) is 2.31. The molecule has 0 fully saturated rings. The van der Waals surface area contributed by atoms with Crippen molar-refractivity contribution in [3.63, 3.8) is 0 Å². The predicted molar refractivity (Wildman–Crippen MR) is 71.3 cm³/mol. The highest BCUT2D eigenvalue weighted by atomic mass is 32.2. The van der Waals surface area contributed by atoms with Gasteiger partial charge in [-0.15, -0.1) is 0 Å². The van der Waals surface area contributed by atoms with Crippen LogP contribution in [-0.2, 0) is 4.79 Å². The Balaban J connectivity index is 2.08. The second kappa shape index (κ2) is 5.50. The fourth-order valence-electron chi connectivity index (χ4n) is 1.32. The van der Waals surface area contributed by atoms with Gasteiger partial charge >= 0.3 is 0 Å². The molecule has 1 amide bonds. The molecule has 0 spiro atoms. The van der Waals surface area contributed by atoms with Gasteiger partial charge in [-0.3, -0.25) is 4.79 Å². The number of nitrogens with zero attached hydrogens (tertiary/aromatic N) is 2. The SMILES string of the molecule is CC(=O)Nc1ccc(Sc2nccc(N)n2)cc1. The minimum Gasteiger partial charge on any atom is -0.384 e. The normalized spacial score (nSPS) is 10.1. The number of hydrogen-bond donors (Lipinski definition) is 2. The summed E-state index contributed by atoms with van der Waals surface area (Å²) in [6.07, 6.45) is 1.62. The van der Waals surface area contributed by atoms with Gasteiger partial charge in [0.2, 0.25) is 5.91 Å². The summed E-state index contributed by atoms with van der Waals surface area (Å²) in [7, 11) is 0. The van der Waals surface area contributed by atoms with Gasteiger partial charge in [0.25, 0.3) is 0 Å². The number of anilines is 2. The second-order valence-electron chi connectivity index (χ2n) is 3.57. The number of aromatic nitrogens is 2. The van der Waals surface area contributed by atoms with E-state index < -0.39 is 0 Å². The maximum atomic E-state index is 10.9. The minimum atomic E-state index is -0.0884. The summed E-state index contributed by atoms with van der Waals surface area (Å²) in [5.41, 5.74) is 6.34. The number of hydrogen-bond acceptors (Lipinski definition) is 5. The van der Waals surface area contributed by atoms with Crippen LogP contribution in [0.4, 0.5) is 11.5 Å². The molecule has 18 heavy (non-hydrogen) atoms. The summed E-state index contributed by atoms with van der Waals surface area (Å²) in [5.74, 6) is 0.358. The fourth-order valence-corrected chi connectivity index (χ4v) is 2.07. The Morgan fingerprint density at radius 3 is 2.61 bits per heavy atom. The van der Waals surface area contributed by atoms with E-state index in [0.717, 1.165) is 10.6 Å². The van der Waals surface area contributed by atoms with Crippen LogP contribution < -0.4 is 11.1 Å². The average molecular weight is 260 g/mol. The van der Waals surface area contributed by atoms with Gasteiger partial charge in [-0.05, 0) is 42.1 Å². The maximum absolute atomic E-state index is 10.9. The summed E-state index contributed by atoms with van der Waals surface area (Å²) < 4.78 is 0. The smallest absolute Gasteiger partial charge is 0.221 e. The first-order chi connectivity index (χ1) is 8.63. The fraction of sp³-hybridized carbons (Fsp3) is 0.0833. The minimum absolute atomic E-state index is 0.0884. The van der Waals surface area contributed by atoms with Crippen molar-refractivity contribution in [1.29, 1.82) is 0 Å². The van der Waals surface area contributed by atoms with Crippen molar-refractivity contribution in [3.8, 4) is 0 Å². The van der Waals surface area contributed by atoms with Crippen molar-refractivity contribution >= 4 is 29.2 Å². The Bertz CT molecular complexity index is 556. The number of carbonyl (C=O) groups is 1. The Kier molecular flexibility index (Phi) is 3.78. The predicted octanol–water partition coefficient (Wildman–Crippen LogP) is 2.17. The van der Waals surface area contributed by atoms with E-state index in [1.165, 1.54) is 18.7 Å². The number of rotatable bonds is 3. The summed E-state index contributed by atoms with van der Waals surface area (Å²) >= 11 is 1.41. The number of carbonyl (C=O) groups excluding carboxylic acids is 1. The van der Waals surface area contributed by atoms with E-state index >= 15 is 0 Å². The molecule has 2 rings (SSSR count). The Morgan fingerprint density at radius 1 is 1.28 bits per heavy atom. The third-order valence-electron chi connectivity index (χ3n) is 2.04. The van der Waals surface area contributed by atoms with Gasteiger partial charge in [-0.1, -0.05) is 0 Å². The lowest BCUT2D eigenvalue weighted by molar-refractivity contribution is -0.114. The zero-order chi connectivity index (χ0) is 13.0. The van der Waals surface area contributed by atoms with Crippen LogP contribution in [0, 0.1) is 0 Å². The molecule has 2 aromatic rings. The topological polar surface area (TPSA) is 80.9 Å². The van der Waals surface area contributed by atoms with Gasteiger partial charge in [0, 0.05) is 23.7 Å². The van der Waals surface area contributed by atoms with Crippen LogP contribution in [0.1, 0.15) is 6.92 Å². The van der Waals surface area contributed by atoms with Gasteiger partial charge in [-0.2, -0.15) is 0 Å². The first-order valence-electron chi connectivity index (χ1n) is 5.27. The lowest BCUT2D eigenvalue weighted by Gasteiger charge is -2.04. The van der Waals surface area contributed by atoms with Crippen molar-refractivity contribution in [1.82, 2.24) is 9.97 Å². The first kappa shape index (κ1) is 12.4. The third kappa shape index (κ3) is 3.46. The highest BCUT2D eigenvalue weighted by molar-refractivity contribution is 7.99. The van der Waals surface area contributed by atoms with Crippen molar-refractivity contribution in [2.45, 2.75) is 17.0 Å². The molecule has 0 atom stereocenters. The number of amides is 1. The van der Waals surface area contributed by atoms with Crippen LogP contribution in [0.3, 0.4) is 0 Å². The molecular formula is C12H12N4OS. The molecular weight excluding hydrogens is 248 g/mol. The lowest BCUT2D eigenvalue weighted by Crippen LogP contribution is -2.05. The van der Waals surface area contributed by atoms with E-state index in [-0.39, 0.29) is 5.91 Å². The molecule has 0 radical (unpaired) electrons. The van der Waals surface area contributed by atoms with E-state index in [2.05, 4.69) is 15.3 Å². The molecule has 5 nitrogen and oxygen atoms in total. The number of benzene rings is 1. The molecule has 1 aromatic carbocycles. The Labute approximate surface area is 109 Å². The Hall–Kier alpha value is -2.08. The molecule has 1 aromatic heterocycles. The molecule has 3 N–H and O–H groups in total. The van der Waals surface area contributed by atoms with E-state index in [1.54, 1.807) is 12.3 Å². The van der Waals surface area contributed by atoms with Gasteiger partial charge in [0.05, 0.1) is 0 Å². The summed E-state index contributed by atoms with van der Waals surface area (Å²) in [5, 5.41) is 3.30. The van der Waals surface area contributed by atoms with Crippen molar-refractivity contribution < 1.29 is 4.79 Å². The van der Waals surface area contributed by atoms with Crippen molar-refractivity contribution in [3.05, 3.63) is 36.5 Å². The quantitative estimate of drug-likeness (QED) is 0.827. The maximum Gasteiger partial charge on any atom is 0.221 e. The molecule has 0 aliphatic heterocycles. The van der Waals surface area contributed by atoms with E-state index in [0.29, 0.717) is 11.0 Å². The molecule has 0 aliphatic rings.